The van der Waals surface area contributed by atoms with E-state index < -0.39 is 0 Å². The van der Waals surface area contributed by atoms with Crippen molar-refractivity contribution in [3.8, 4) is 0 Å². The Labute approximate surface area is 132 Å². The molecular weight excluding hydrogens is 276 g/mol. The van der Waals surface area contributed by atoms with Crippen LogP contribution in [0.3, 0.4) is 0 Å². The van der Waals surface area contributed by atoms with Gasteiger partial charge in [0.05, 0.1) is 0 Å². The Morgan fingerprint density at radius 2 is 1.67 bits per heavy atom. The summed E-state index contributed by atoms with van der Waals surface area (Å²) >= 11 is 5.37. The molecule has 2 aromatic rings. The molecule has 0 bridgehead atoms. The minimum Gasteiger partial charge on any atom is -0.332 e. The van der Waals surface area contributed by atoms with Gasteiger partial charge in [0.2, 0.25) is 0 Å². The van der Waals surface area contributed by atoms with Crippen molar-refractivity contribution in [2.24, 2.45) is 0 Å². The summed E-state index contributed by atoms with van der Waals surface area (Å²) in [4.78, 5) is 0. The maximum atomic E-state index is 5.37. The van der Waals surface area contributed by atoms with Crippen LogP contribution in [0.5, 0.6) is 0 Å². The van der Waals surface area contributed by atoms with Crippen LogP contribution in [0.15, 0.2) is 48.5 Å². The van der Waals surface area contributed by atoms with Gasteiger partial charge >= 0.3 is 0 Å². The zero-order valence-corrected chi connectivity index (χ0v) is 13.6. The van der Waals surface area contributed by atoms with Gasteiger partial charge in [0.15, 0.2) is 5.11 Å². The quantitative estimate of drug-likeness (QED) is 0.760. The normalized spacial score (nSPS) is 10.5. The van der Waals surface area contributed by atoms with E-state index >= 15 is 0 Å². The molecule has 0 aliphatic carbocycles. The SMILES string of the molecule is CCc1ccc(NC(=S)Nc2cccc(C(C)C)c2)cc1. The van der Waals surface area contributed by atoms with Gasteiger partial charge in [-0.3, -0.25) is 0 Å². The van der Waals surface area contributed by atoms with Crippen LogP contribution >= 0.6 is 12.2 Å². The summed E-state index contributed by atoms with van der Waals surface area (Å²) in [7, 11) is 0. The Morgan fingerprint density at radius 3 is 2.29 bits per heavy atom. The third kappa shape index (κ3) is 4.57. The van der Waals surface area contributed by atoms with Crippen molar-refractivity contribution in [3.05, 3.63) is 59.7 Å². The summed E-state index contributed by atoms with van der Waals surface area (Å²) in [6.45, 7) is 6.52. The minimum absolute atomic E-state index is 0.509. The lowest BCUT2D eigenvalue weighted by Gasteiger charge is -2.13. The number of benzene rings is 2. The summed E-state index contributed by atoms with van der Waals surface area (Å²) in [5.74, 6) is 0.509. The van der Waals surface area contributed by atoms with E-state index in [1.807, 2.05) is 6.07 Å². The zero-order valence-electron chi connectivity index (χ0n) is 12.8. The fourth-order valence-corrected chi connectivity index (χ4v) is 2.33. The molecule has 0 aromatic heterocycles. The number of hydrogen-bond donors (Lipinski definition) is 2. The van der Waals surface area contributed by atoms with Gasteiger partial charge in [-0.25, -0.2) is 0 Å². The van der Waals surface area contributed by atoms with E-state index in [1.54, 1.807) is 0 Å². The summed E-state index contributed by atoms with van der Waals surface area (Å²) in [6.07, 6.45) is 1.05. The third-order valence-electron chi connectivity index (χ3n) is 3.43. The standard InChI is InChI=1S/C18H22N2S/c1-4-14-8-10-16(11-9-14)19-18(21)20-17-7-5-6-15(12-17)13(2)3/h5-13H,4H2,1-3H3,(H2,19,20,21). The van der Waals surface area contributed by atoms with Gasteiger partial charge in [0.1, 0.15) is 0 Å². The van der Waals surface area contributed by atoms with Crippen molar-refractivity contribution in [1.82, 2.24) is 0 Å². The van der Waals surface area contributed by atoms with Gasteiger partial charge < -0.3 is 10.6 Å². The Kier molecular flexibility index (Phi) is 5.34. The van der Waals surface area contributed by atoms with Crippen molar-refractivity contribution in [1.29, 1.82) is 0 Å². The van der Waals surface area contributed by atoms with Gasteiger partial charge in [0, 0.05) is 11.4 Å². The van der Waals surface area contributed by atoms with E-state index in [0.29, 0.717) is 11.0 Å². The molecule has 0 amide bonds. The first-order valence-corrected chi connectivity index (χ1v) is 7.76. The Hall–Kier alpha value is -1.87. The smallest absolute Gasteiger partial charge is 0.175 e. The number of hydrogen-bond acceptors (Lipinski definition) is 1. The predicted octanol–water partition coefficient (Wildman–Crippen LogP) is 5.18. The second-order valence-electron chi connectivity index (χ2n) is 5.41. The highest BCUT2D eigenvalue weighted by Crippen LogP contribution is 2.19. The number of aryl methyl sites for hydroxylation is 1. The highest BCUT2D eigenvalue weighted by molar-refractivity contribution is 7.80. The van der Waals surface area contributed by atoms with E-state index in [0.717, 1.165) is 17.8 Å². The van der Waals surface area contributed by atoms with Gasteiger partial charge in [0.25, 0.3) is 0 Å². The molecule has 0 aliphatic rings. The van der Waals surface area contributed by atoms with Crippen molar-refractivity contribution < 1.29 is 0 Å². The number of anilines is 2. The highest BCUT2D eigenvalue weighted by atomic mass is 32.1. The van der Waals surface area contributed by atoms with E-state index in [1.165, 1.54) is 11.1 Å². The number of nitrogens with one attached hydrogen (secondary N) is 2. The first kappa shape index (κ1) is 15.5. The average molecular weight is 298 g/mol. The molecule has 0 saturated heterocycles. The summed E-state index contributed by atoms with van der Waals surface area (Å²) in [5.41, 5.74) is 4.65. The number of thiocarbonyl (C=S) groups is 1. The first-order valence-electron chi connectivity index (χ1n) is 7.35. The molecule has 2 rings (SSSR count). The van der Waals surface area contributed by atoms with Crippen molar-refractivity contribution >= 4 is 28.7 Å². The van der Waals surface area contributed by atoms with Crippen LogP contribution in [-0.2, 0) is 6.42 Å². The van der Waals surface area contributed by atoms with Crippen LogP contribution < -0.4 is 10.6 Å². The van der Waals surface area contributed by atoms with Crippen LogP contribution in [0.4, 0.5) is 11.4 Å². The van der Waals surface area contributed by atoms with Gasteiger partial charge in [-0.15, -0.1) is 0 Å². The number of rotatable bonds is 4. The van der Waals surface area contributed by atoms with E-state index in [9.17, 15) is 0 Å². The van der Waals surface area contributed by atoms with E-state index in [-0.39, 0.29) is 0 Å². The minimum atomic E-state index is 0.509. The molecule has 110 valence electrons. The predicted molar refractivity (Wildman–Crippen MR) is 96.2 cm³/mol. The second kappa shape index (κ2) is 7.23. The second-order valence-corrected chi connectivity index (χ2v) is 5.82. The Balaban J connectivity index is 1.99. The summed E-state index contributed by atoms with van der Waals surface area (Å²) in [6, 6.07) is 16.7. The van der Waals surface area contributed by atoms with Gasteiger partial charge in [-0.2, -0.15) is 0 Å². The zero-order chi connectivity index (χ0) is 15.2. The van der Waals surface area contributed by atoms with Crippen molar-refractivity contribution in [2.45, 2.75) is 33.1 Å². The molecule has 0 radical (unpaired) electrons. The Bertz CT molecular complexity index is 603. The molecule has 0 spiro atoms. The third-order valence-corrected chi connectivity index (χ3v) is 3.64. The lowest BCUT2D eigenvalue weighted by molar-refractivity contribution is 0.867. The lowest BCUT2D eigenvalue weighted by Crippen LogP contribution is -2.19. The van der Waals surface area contributed by atoms with Crippen LogP contribution in [0.2, 0.25) is 0 Å². The van der Waals surface area contributed by atoms with Gasteiger partial charge in [-0.05, 0) is 59.9 Å². The fraction of sp³-hybridized carbons (Fsp3) is 0.278. The fourth-order valence-electron chi connectivity index (χ4n) is 2.09. The highest BCUT2D eigenvalue weighted by Gasteiger charge is 2.02. The van der Waals surface area contributed by atoms with Crippen molar-refractivity contribution in [3.63, 3.8) is 0 Å². The maximum Gasteiger partial charge on any atom is 0.175 e. The maximum absolute atomic E-state index is 5.37. The molecular formula is C18H22N2S. The molecule has 21 heavy (non-hydrogen) atoms. The topological polar surface area (TPSA) is 24.1 Å². The molecule has 0 unspecified atom stereocenters. The van der Waals surface area contributed by atoms with Crippen LogP contribution in [0, 0.1) is 0 Å². The van der Waals surface area contributed by atoms with Crippen LogP contribution in [-0.4, -0.2) is 5.11 Å². The largest absolute Gasteiger partial charge is 0.332 e. The molecule has 2 nitrogen and oxygen atoms in total. The molecule has 0 saturated carbocycles. The molecule has 2 N–H and O–H groups in total. The van der Waals surface area contributed by atoms with E-state index in [4.69, 9.17) is 12.2 Å². The Morgan fingerprint density at radius 1 is 1.00 bits per heavy atom. The summed E-state index contributed by atoms with van der Waals surface area (Å²) < 4.78 is 0. The monoisotopic (exact) mass is 298 g/mol. The summed E-state index contributed by atoms with van der Waals surface area (Å²) in [5, 5.41) is 7.06. The van der Waals surface area contributed by atoms with Crippen LogP contribution in [0.1, 0.15) is 37.8 Å². The van der Waals surface area contributed by atoms with Gasteiger partial charge in [-0.1, -0.05) is 45.0 Å². The average Bonchev–Trinajstić information content (AvgIpc) is 2.48. The first-order chi connectivity index (χ1) is 10.1. The molecule has 0 aliphatic heterocycles. The molecule has 2 aromatic carbocycles. The van der Waals surface area contributed by atoms with E-state index in [2.05, 4.69) is 73.9 Å². The lowest BCUT2D eigenvalue weighted by atomic mass is 10.0. The van der Waals surface area contributed by atoms with Crippen molar-refractivity contribution in [2.75, 3.05) is 10.6 Å². The molecule has 3 heteroatoms. The van der Waals surface area contributed by atoms with Crippen LogP contribution in [0.25, 0.3) is 0 Å². The molecule has 0 atom stereocenters. The molecule has 0 heterocycles. The molecule has 0 fully saturated rings.